The van der Waals surface area contributed by atoms with Gasteiger partial charge in [0.25, 0.3) is 5.91 Å². The molecule has 152 valence electrons. The van der Waals surface area contributed by atoms with Gasteiger partial charge in [-0.15, -0.1) is 0 Å². The van der Waals surface area contributed by atoms with Crippen LogP contribution in [-0.2, 0) is 14.9 Å². The molecule has 0 atom stereocenters. The van der Waals surface area contributed by atoms with Crippen LogP contribution in [0.25, 0.3) is 22.0 Å². The fourth-order valence-electron chi connectivity index (χ4n) is 3.47. The molecule has 30 heavy (non-hydrogen) atoms. The van der Waals surface area contributed by atoms with Crippen molar-refractivity contribution in [3.63, 3.8) is 0 Å². The zero-order chi connectivity index (χ0) is 21.5. The third kappa shape index (κ3) is 3.50. The summed E-state index contributed by atoms with van der Waals surface area (Å²) in [6.45, 7) is 3.70. The lowest BCUT2D eigenvalue weighted by atomic mass is 9.84. The van der Waals surface area contributed by atoms with Gasteiger partial charge >= 0.3 is 6.09 Å². The van der Waals surface area contributed by atoms with E-state index < -0.39 is 17.4 Å². The summed E-state index contributed by atoms with van der Waals surface area (Å²) in [5.74, 6) is -0.598. The first-order chi connectivity index (χ1) is 14.3. The van der Waals surface area contributed by atoms with Crippen molar-refractivity contribution in [1.82, 2.24) is 10.3 Å². The van der Waals surface area contributed by atoms with Gasteiger partial charge < -0.3 is 9.47 Å². The molecule has 7 heteroatoms. The lowest BCUT2D eigenvalue weighted by Crippen LogP contribution is -2.21. The van der Waals surface area contributed by atoms with Crippen LogP contribution in [0.1, 0.15) is 19.4 Å². The quantitative estimate of drug-likeness (QED) is 0.647. The minimum absolute atomic E-state index is 0.0684. The number of cyclic esters (lactones) is 1. The fraction of sp³-hybridized carbons (Fsp3) is 0.174. The number of ether oxygens (including phenoxy) is 2. The van der Waals surface area contributed by atoms with Crippen molar-refractivity contribution in [2.75, 3.05) is 7.11 Å². The van der Waals surface area contributed by atoms with Gasteiger partial charge in [0.1, 0.15) is 5.82 Å². The maximum absolute atomic E-state index is 14.2. The molecular formula is C23H19FN2O4. The van der Waals surface area contributed by atoms with Gasteiger partial charge in [-0.2, -0.15) is 0 Å². The number of hydrogen-bond acceptors (Lipinski definition) is 5. The summed E-state index contributed by atoms with van der Waals surface area (Å²) in [5.41, 5.74) is 1.35. The Hall–Kier alpha value is -3.74. The van der Waals surface area contributed by atoms with Crippen molar-refractivity contribution in [1.29, 1.82) is 0 Å². The van der Waals surface area contributed by atoms with Crippen LogP contribution in [0.4, 0.5) is 9.18 Å². The van der Waals surface area contributed by atoms with Crippen molar-refractivity contribution in [2.45, 2.75) is 19.3 Å². The van der Waals surface area contributed by atoms with Gasteiger partial charge in [-0.1, -0.05) is 44.2 Å². The maximum atomic E-state index is 14.2. The Morgan fingerprint density at radius 2 is 1.93 bits per heavy atom. The number of carbonyl (C=O) groups excluding carboxylic acids is 2. The second kappa shape index (κ2) is 7.26. The van der Waals surface area contributed by atoms with Crippen molar-refractivity contribution in [3.05, 3.63) is 71.7 Å². The lowest BCUT2D eigenvalue weighted by Gasteiger charge is -2.23. The highest BCUT2D eigenvalue weighted by atomic mass is 19.1. The molecule has 0 spiro atoms. The topological polar surface area (TPSA) is 77.5 Å². The number of amides is 2. The molecule has 1 aromatic heterocycles. The molecule has 0 saturated carbocycles. The Bertz CT molecular complexity index is 1220. The number of fused-ring (bicyclic) bond motifs is 1. The molecule has 2 amide bonds. The largest absolute Gasteiger partial charge is 0.481 e. The van der Waals surface area contributed by atoms with Crippen molar-refractivity contribution in [3.8, 4) is 17.1 Å². The van der Waals surface area contributed by atoms with E-state index in [2.05, 4.69) is 10.3 Å². The first-order valence-electron chi connectivity index (χ1n) is 9.29. The van der Waals surface area contributed by atoms with E-state index in [1.807, 2.05) is 38.1 Å². The summed E-state index contributed by atoms with van der Waals surface area (Å²) in [6.07, 6.45) is 0.753. The zero-order valence-corrected chi connectivity index (χ0v) is 16.7. The minimum Gasteiger partial charge on any atom is -0.481 e. The molecule has 2 aromatic carbocycles. The molecule has 4 rings (SSSR count). The monoisotopic (exact) mass is 406 g/mol. The van der Waals surface area contributed by atoms with Gasteiger partial charge in [-0.05, 0) is 29.7 Å². The number of aromatic nitrogens is 1. The number of nitrogens with zero attached hydrogens (tertiary/aromatic N) is 1. The van der Waals surface area contributed by atoms with Gasteiger partial charge in [0.15, 0.2) is 5.76 Å². The number of halogens is 1. The van der Waals surface area contributed by atoms with E-state index in [1.54, 1.807) is 24.3 Å². The molecule has 1 saturated heterocycles. The van der Waals surface area contributed by atoms with Crippen LogP contribution in [0.3, 0.4) is 0 Å². The third-order valence-electron chi connectivity index (χ3n) is 5.01. The number of methoxy groups -OCH3 is 1. The van der Waals surface area contributed by atoms with Gasteiger partial charge in [0.05, 0.1) is 12.8 Å². The lowest BCUT2D eigenvalue weighted by molar-refractivity contribution is -0.116. The number of benzene rings is 2. The van der Waals surface area contributed by atoms with Crippen LogP contribution in [0.5, 0.6) is 5.88 Å². The molecule has 0 unspecified atom stereocenters. The first kappa shape index (κ1) is 19.6. The van der Waals surface area contributed by atoms with E-state index in [0.29, 0.717) is 22.5 Å². The highest BCUT2D eigenvalue weighted by molar-refractivity contribution is 6.07. The second-order valence-electron chi connectivity index (χ2n) is 7.50. The van der Waals surface area contributed by atoms with Gasteiger partial charge in [-0.3, -0.25) is 10.1 Å². The van der Waals surface area contributed by atoms with Crippen LogP contribution < -0.4 is 10.1 Å². The Kier molecular flexibility index (Phi) is 4.73. The number of allylic oxidation sites excluding steroid dienone is 1. The van der Waals surface area contributed by atoms with Crippen LogP contribution in [0.2, 0.25) is 0 Å². The smallest absolute Gasteiger partial charge is 0.419 e. The van der Waals surface area contributed by atoms with Crippen molar-refractivity contribution in [2.24, 2.45) is 0 Å². The molecular weight excluding hydrogens is 387 g/mol. The highest BCUT2D eigenvalue weighted by Gasteiger charge is 2.32. The summed E-state index contributed by atoms with van der Waals surface area (Å²) in [4.78, 5) is 27.7. The predicted octanol–water partition coefficient (Wildman–Crippen LogP) is 4.48. The molecule has 0 bridgehead atoms. The molecule has 0 aliphatic carbocycles. The summed E-state index contributed by atoms with van der Waals surface area (Å²) in [7, 11) is 1.50. The van der Waals surface area contributed by atoms with Gasteiger partial charge in [-0.25, -0.2) is 14.2 Å². The molecule has 3 aromatic rings. The number of nitrogens with one attached hydrogen (secondary N) is 1. The van der Waals surface area contributed by atoms with Gasteiger partial charge in [0.2, 0.25) is 5.88 Å². The van der Waals surface area contributed by atoms with Crippen LogP contribution in [-0.4, -0.2) is 24.1 Å². The molecule has 1 N–H and O–H groups in total. The van der Waals surface area contributed by atoms with E-state index >= 15 is 0 Å². The van der Waals surface area contributed by atoms with E-state index in [0.717, 1.165) is 10.9 Å². The number of rotatable bonds is 4. The molecule has 1 fully saturated rings. The Labute approximate surface area is 172 Å². The second-order valence-corrected chi connectivity index (χ2v) is 7.50. The summed E-state index contributed by atoms with van der Waals surface area (Å²) in [5, 5.41) is 3.39. The zero-order valence-electron chi connectivity index (χ0n) is 16.7. The Balaban J connectivity index is 1.75. The average Bonchev–Trinajstić information content (AvgIpc) is 3.03. The standard InChI is InChI=1S/C23H19FN2O4/c1-23(2,12-19-20(27)26-22(28)30-19)16-9-10-18(25-21(16)29-3)14-8-7-13-5-4-6-17(24)15(13)11-14/h4-12H,1-3H3,(H,26,27,28)/b19-12+. The third-order valence-corrected chi connectivity index (χ3v) is 5.01. The molecule has 2 heterocycles. The van der Waals surface area contributed by atoms with Crippen molar-refractivity contribution >= 4 is 22.8 Å². The number of pyridine rings is 1. The highest BCUT2D eigenvalue weighted by Crippen LogP contribution is 2.35. The molecule has 6 nitrogen and oxygen atoms in total. The van der Waals surface area contributed by atoms with E-state index in [4.69, 9.17) is 9.47 Å². The SMILES string of the molecule is COc1nc(-c2ccc3cccc(F)c3c2)ccc1C(C)(C)/C=C1/OC(=O)NC1=O. The van der Waals surface area contributed by atoms with Crippen LogP contribution in [0, 0.1) is 5.82 Å². The first-order valence-corrected chi connectivity index (χ1v) is 9.29. The number of alkyl carbamates (subject to hydrolysis) is 1. The van der Waals surface area contributed by atoms with Crippen LogP contribution >= 0.6 is 0 Å². The minimum atomic E-state index is -0.800. The number of carbonyl (C=O) groups is 2. The Morgan fingerprint density at radius 3 is 2.63 bits per heavy atom. The average molecular weight is 406 g/mol. The molecule has 1 aliphatic heterocycles. The Morgan fingerprint density at radius 1 is 1.13 bits per heavy atom. The predicted molar refractivity (Wildman–Crippen MR) is 109 cm³/mol. The fourth-order valence-corrected chi connectivity index (χ4v) is 3.47. The van der Waals surface area contributed by atoms with E-state index in [9.17, 15) is 14.0 Å². The molecule has 0 radical (unpaired) electrons. The van der Waals surface area contributed by atoms with Crippen LogP contribution in [0.15, 0.2) is 60.4 Å². The number of hydrogen-bond donors (Lipinski definition) is 1. The van der Waals surface area contributed by atoms with Gasteiger partial charge in [0, 0.05) is 21.9 Å². The summed E-state index contributed by atoms with van der Waals surface area (Å²) < 4.78 is 24.6. The summed E-state index contributed by atoms with van der Waals surface area (Å²) >= 11 is 0. The molecule has 1 aliphatic rings. The normalized spacial score (nSPS) is 15.4. The maximum Gasteiger partial charge on any atom is 0.419 e. The van der Waals surface area contributed by atoms with E-state index in [1.165, 1.54) is 13.2 Å². The van der Waals surface area contributed by atoms with E-state index in [-0.39, 0.29) is 11.6 Å². The summed E-state index contributed by atoms with van der Waals surface area (Å²) in [6, 6.07) is 14.1. The van der Waals surface area contributed by atoms with Crippen molar-refractivity contribution < 1.29 is 23.5 Å². The number of imide groups is 1.